The van der Waals surface area contributed by atoms with Crippen LogP contribution >= 0.6 is 0 Å². The molecule has 0 bridgehead atoms. The molecule has 1 aliphatic carbocycles. The van der Waals surface area contributed by atoms with Gasteiger partial charge in [0.25, 0.3) is 0 Å². The summed E-state index contributed by atoms with van der Waals surface area (Å²) < 4.78 is 0. The Hall–Kier alpha value is -0.820. The first-order valence-electron chi connectivity index (χ1n) is 8.93. The Bertz CT molecular complexity index is 398. The number of rotatable bonds is 6. The van der Waals surface area contributed by atoms with Crippen molar-refractivity contribution in [2.75, 3.05) is 6.54 Å². The Morgan fingerprint density at radius 3 is 1.95 bits per heavy atom. The van der Waals surface area contributed by atoms with Gasteiger partial charge in [0.05, 0.1) is 0 Å². The molecule has 0 aliphatic heterocycles. The van der Waals surface area contributed by atoms with Gasteiger partial charge in [-0.05, 0) is 55.2 Å². The summed E-state index contributed by atoms with van der Waals surface area (Å²) in [4.78, 5) is 0. The van der Waals surface area contributed by atoms with Crippen LogP contribution in [0.3, 0.4) is 0 Å². The van der Waals surface area contributed by atoms with Crippen LogP contribution in [0.2, 0.25) is 0 Å². The third-order valence-corrected chi connectivity index (χ3v) is 5.36. The van der Waals surface area contributed by atoms with Crippen molar-refractivity contribution in [1.29, 1.82) is 0 Å². The number of hydrogen-bond donors (Lipinski definition) is 1. The molecule has 0 aromatic heterocycles. The molecule has 1 atom stereocenters. The van der Waals surface area contributed by atoms with Gasteiger partial charge in [0, 0.05) is 6.04 Å². The maximum atomic E-state index is 3.75. The first kappa shape index (κ1) is 16.5. The van der Waals surface area contributed by atoms with Crippen molar-refractivity contribution in [2.45, 2.75) is 71.8 Å². The minimum atomic E-state index is 0.468. The van der Waals surface area contributed by atoms with Crippen molar-refractivity contribution in [2.24, 2.45) is 11.8 Å². The van der Waals surface area contributed by atoms with Crippen LogP contribution in [0.25, 0.3) is 0 Å². The normalized spacial score (nSPS) is 24.2. The van der Waals surface area contributed by atoms with E-state index >= 15 is 0 Å². The minimum absolute atomic E-state index is 0.468. The summed E-state index contributed by atoms with van der Waals surface area (Å²) in [6.07, 6.45) is 7.11. The van der Waals surface area contributed by atoms with Gasteiger partial charge in [-0.15, -0.1) is 0 Å². The van der Waals surface area contributed by atoms with Gasteiger partial charge in [0.15, 0.2) is 0 Å². The van der Waals surface area contributed by atoms with E-state index in [1.807, 2.05) is 0 Å². The SMILES string of the molecule is CCC1CCC(CNC(C)c2ccc(C(C)C)cc2)CC1. The van der Waals surface area contributed by atoms with Crippen molar-refractivity contribution in [3.8, 4) is 0 Å². The number of nitrogens with one attached hydrogen (secondary N) is 1. The first-order chi connectivity index (χ1) is 10.1. The molecule has 0 spiro atoms. The van der Waals surface area contributed by atoms with Crippen LogP contribution in [0.4, 0.5) is 0 Å². The predicted molar refractivity (Wildman–Crippen MR) is 92.7 cm³/mol. The van der Waals surface area contributed by atoms with Crippen LogP contribution in [-0.4, -0.2) is 6.54 Å². The summed E-state index contributed by atoms with van der Waals surface area (Å²) >= 11 is 0. The van der Waals surface area contributed by atoms with Gasteiger partial charge in [0.1, 0.15) is 0 Å². The van der Waals surface area contributed by atoms with E-state index in [9.17, 15) is 0 Å². The van der Waals surface area contributed by atoms with Crippen LogP contribution in [0.1, 0.15) is 82.9 Å². The third-order valence-electron chi connectivity index (χ3n) is 5.36. The molecule has 1 saturated carbocycles. The highest BCUT2D eigenvalue weighted by atomic mass is 14.9. The third kappa shape index (κ3) is 4.85. The molecule has 2 rings (SSSR count). The van der Waals surface area contributed by atoms with Gasteiger partial charge in [0.2, 0.25) is 0 Å². The second-order valence-corrected chi connectivity index (χ2v) is 7.25. The van der Waals surface area contributed by atoms with E-state index in [-0.39, 0.29) is 0 Å². The second-order valence-electron chi connectivity index (χ2n) is 7.25. The fraction of sp³-hybridized carbons (Fsp3) is 0.700. The van der Waals surface area contributed by atoms with Gasteiger partial charge >= 0.3 is 0 Å². The first-order valence-corrected chi connectivity index (χ1v) is 8.93. The van der Waals surface area contributed by atoms with Crippen LogP contribution in [0.15, 0.2) is 24.3 Å². The van der Waals surface area contributed by atoms with Crippen LogP contribution in [0, 0.1) is 11.8 Å². The molecule has 1 aromatic carbocycles. The average Bonchev–Trinajstić information content (AvgIpc) is 2.53. The molecule has 0 amide bonds. The molecular weight excluding hydrogens is 254 g/mol. The molecular formula is C20H33N. The smallest absolute Gasteiger partial charge is 0.0291 e. The van der Waals surface area contributed by atoms with Crippen LogP contribution in [-0.2, 0) is 0 Å². The van der Waals surface area contributed by atoms with E-state index in [1.54, 1.807) is 0 Å². The van der Waals surface area contributed by atoms with Crippen LogP contribution in [0.5, 0.6) is 0 Å². The lowest BCUT2D eigenvalue weighted by Gasteiger charge is -2.29. The van der Waals surface area contributed by atoms with Crippen molar-refractivity contribution < 1.29 is 0 Å². The Morgan fingerprint density at radius 2 is 1.43 bits per heavy atom. The molecule has 118 valence electrons. The zero-order valence-corrected chi connectivity index (χ0v) is 14.4. The largest absolute Gasteiger partial charge is 0.310 e. The molecule has 1 aliphatic rings. The molecule has 1 aromatic rings. The molecule has 1 nitrogen and oxygen atoms in total. The summed E-state index contributed by atoms with van der Waals surface area (Å²) in [5, 5.41) is 3.75. The second kappa shape index (κ2) is 7.98. The van der Waals surface area contributed by atoms with E-state index in [4.69, 9.17) is 0 Å². The van der Waals surface area contributed by atoms with Gasteiger partial charge in [-0.1, -0.05) is 64.3 Å². The van der Waals surface area contributed by atoms with E-state index < -0.39 is 0 Å². The van der Waals surface area contributed by atoms with E-state index in [0.717, 1.165) is 11.8 Å². The number of benzene rings is 1. The van der Waals surface area contributed by atoms with Crippen molar-refractivity contribution in [3.63, 3.8) is 0 Å². The fourth-order valence-corrected chi connectivity index (χ4v) is 3.47. The summed E-state index contributed by atoms with van der Waals surface area (Å²) in [5.41, 5.74) is 2.85. The lowest BCUT2D eigenvalue weighted by molar-refractivity contribution is 0.258. The zero-order chi connectivity index (χ0) is 15.2. The Morgan fingerprint density at radius 1 is 0.905 bits per heavy atom. The van der Waals surface area contributed by atoms with Gasteiger partial charge < -0.3 is 5.32 Å². The monoisotopic (exact) mass is 287 g/mol. The topological polar surface area (TPSA) is 12.0 Å². The maximum absolute atomic E-state index is 3.75. The molecule has 21 heavy (non-hydrogen) atoms. The van der Waals surface area contributed by atoms with E-state index in [1.165, 1.54) is 49.8 Å². The Balaban J connectivity index is 1.78. The van der Waals surface area contributed by atoms with Gasteiger partial charge in [-0.3, -0.25) is 0 Å². The molecule has 1 heteroatoms. The zero-order valence-electron chi connectivity index (χ0n) is 14.4. The highest BCUT2D eigenvalue weighted by Gasteiger charge is 2.20. The summed E-state index contributed by atoms with van der Waals surface area (Å²) in [7, 11) is 0. The predicted octanol–water partition coefficient (Wildman–Crippen LogP) is 5.68. The lowest BCUT2D eigenvalue weighted by atomic mass is 9.81. The van der Waals surface area contributed by atoms with Gasteiger partial charge in [-0.2, -0.15) is 0 Å². The Kier molecular flexibility index (Phi) is 6.29. The molecule has 1 N–H and O–H groups in total. The minimum Gasteiger partial charge on any atom is -0.310 e. The molecule has 1 fully saturated rings. The fourth-order valence-electron chi connectivity index (χ4n) is 3.47. The van der Waals surface area contributed by atoms with Crippen molar-refractivity contribution in [1.82, 2.24) is 5.32 Å². The molecule has 0 radical (unpaired) electrons. The lowest BCUT2D eigenvalue weighted by Crippen LogP contribution is -2.28. The van der Waals surface area contributed by atoms with E-state index in [2.05, 4.69) is 57.3 Å². The standard InChI is InChI=1S/C20H33N/c1-5-17-6-8-18(9-7-17)14-21-16(4)20-12-10-19(11-13-20)15(2)3/h10-13,15-18,21H,5-9,14H2,1-4H3. The summed E-state index contributed by atoms with van der Waals surface area (Å²) in [6.45, 7) is 10.3. The molecule has 1 unspecified atom stereocenters. The maximum Gasteiger partial charge on any atom is 0.0291 e. The summed E-state index contributed by atoms with van der Waals surface area (Å²) in [5.74, 6) is 2.52. The Labute approximate surface area is 131 Å². The highest BCUT2D eigenvalue weighted by molar-refractivity contribution is 5.26. The van der Waals surface area contributed by atoms with Crippen LogP contribution < -0.4 is 5.32 Å². The van der Waals surface area contributed by atoms with E-state index in [0.29, 0.717) is 12.0 Å². The summed E-state index contributed by atoms with van der Waals surface area (Å²) in [6, 6.07) is 9.62. The van der Waals surface area contributed by atoms with Crippen molar-refractivity contribution >= 4 is 0 Å². The molecule has 0 saturated heterocycles. The molecule has 0 heterocycles. The van der Waals surface area contributed by atoms with Crippen molar-refractivity contribution in [3.05, 3.63) is 35.4 Å². The average molecular weight is 287 g/mol. The number of hydrogen-bond acceptors (Lipinski definition) is 1. The quantitative estimate of drug-likeness (QED) is 0.710. The van der Waals surface area contributed by atoms with Gasteiger partial charge in [-0.25, -0.2) is 0 Å². The highest BCUT2D eigenvalue weighted by Crippen LogP contribution is 2.30.